The Bertz CT molecular complexity index is 912. The standard InChI is InChI=1S/C18H23N3O11/c1-7(22)28-5-11-13(29-8(2)23)14(30-9(3)24)15(31-10(4)25)18(32-11)21-6-20-17(27)12(21)16(19)26/h6,11,13-15,18,27H,5H2,1-4H3,(H2,19,26)/t11-,13+,14+,15-,18-/m1/s1. The summed E-state index contributed by atoms with van der Waals surface area (Å²) >= 11 is 0. The number of nitrogens with zero attached hydrogens (tertiary/aromatic N) is 2. The third-order valence-corrected chi connectivity index (χ3v) is 4.25. The van der Waals surface area contributed by atoms with Gasteiger partial charge in [-0.3, -0.25) is 28.5 Å². The van der Waals surface area contributed by atoms with E-state index >= 15 is 0 Å². The summed E-state index contributed by atoms with van der Waals surface area (Å²) in [6.45, 7) is 3.89. The van der Waals surface area contributed by atoms with E-state index in [-0.39, 0.29) is 0 Å². The number of carbonyl (C=O) groups excluding carboxylic acids is 5. The van der Waals surface area contributed by atoms with Crippen LogP contribution in [-0.4, -0.2) is 75.5 Å². The molecule has 0 spiro atoms. The molecule has 1 saturated heterocycles. The maximum atomic E-state index is 11.9. The van der Waals surface area contributed by atoms with Gasteiger partial charge in [0, 0.05) is 27.7 Å². The number of esters is 4. The van der Waals surface area contributed by atoms with E-state index in [4.69, 9.17) is 29.4 Å². The minimum atomic E-state index is -1.49. The van der Waals surface area contributed by atoms with Crippen LogP contribution < -0.4 is 5.73 Å². The van der Waals surface area contributed by atoms with E-state index in [0.717, 1.165) is 38.6 Å². The van der Waals surface area contributed by atoms with Gasteiger partial charge in [0.15, 0.2) is 30.2 Å². The highest BCUT2D eigenvalue weighted by Crippen LogP contribution is 2.36. The van der Waals surface area contributed by atoms with Crippen LogP contribution in [0.25, 0.3) is 0 Å². The van der Waals surface area contributed by atoms with Gasteiger partial charge in [0.05, 0.1) is 0 Å². The molecule has 0 aromatic carbocycles. The molecule has 1 aromatic heterocycles. The fraction of sp³-hybridized carbons (Fsp3) is 0.556. The first-order valence-electron chi connectivity index (χ1n) is 9.28. The Labute approximate surface area is 181 Å². The lowest BCUT2D eigenvalue weighted by atomic mass is 9.97. The van der Waals surface area contributed by atoms with Gasteiger partial charge in [0.1, 0.15) is 19.0 Å². The number of hydrogen-bond acceptors (Lipinski definition) is 12. The van der Waals surface area contributed by atoms with Crippen molar-refractivity contribution in [2.45, 2.75) is 58.3 Å². The van der Waals surface area contributed by atoms with Gasteiger partial charge >= 0.3 is 23.9 Å². The second-order valence-corrected chi connectivity index (χ2v) is 6.78. The Morgan fingerprint density at radius 3 is 2.00 bits per heavy atom. The van der Waals surface area contributed by atoms with E-state index in [1.807, 2.05) is 0 Å². The molecule has 1 aliphatic rings. The number of nitrogens with two attached hydrogens (primary N) is 1. The minimum absolute atomic E-state index is 0.457. The number of aromatic hydroxyl groups is 1. The van der Waals surface area contributed by atoms with Crippen LogP contribution in [0.2, 0.25) is 0 Å². The number of carbonyl (C=O) groups is 5. The molecule has 0 unspecified atom stereocenters. The number of aromatic nitrogens is 2. The average molecular weight is 457 g/mol. The van der Waals surface area contributed by atoms with Crippen LogP contribution in [0.3, 0.4) is 0 Å². The number of imidazole rings is 1. The largest absolute Gasteiger partial charge is 0.492 e. The van der Waals surface area contributed by atoms with E-state index in [1.54, 1.807) is 0 Å². The molecule has 0 saturated carbocycles. The molecule has 0 bridgehead atoms. The van der Waals surface area contributed by atoms with Crippen LogP contribution in [0.15, 0.2) is 6.33 Å². The fourth-order valence-corrected chi connectivity index (χ4v) is 3.21. The summed E-state index contributed by atoms with van der Waals surface area (Å²) in [4.78, 5) is 62.1. The molecule has 0 aliphatic carbocycles. The van der Waals surface area contributed by atoms with Gasteiger partial charge < -0.3 is 34.5 Å². The van der Waals surface area contributed by atoms with Crippen LogP contribution in [0.1, 0.15) is 44.4 Å². The van der Waals surface area contributed by atoms with Crippen molar-refractivity contribution in [3.05, 3.63) is 12.0 Å². The van der Waals surface area contributed by atoms with E-state index in [1.165, 1.54) is 0 Å². The number of amides is 1. The van der Waals surface area contributed by atoms with Gasteiger partial charge in [-0.05, 0) is 0 Å². The van der Waals surface area contributed by atoms with Crippen LogP contribution in [0.4, 0.5) is 0 Å². The van der Waals surface area contributed by atoms with Gasteiger partial charge in [0.2, 0.25) is 5.88 Å². The maximum Gasteiger partial charge on any atom is 0.303 e. The maximum absolute atomic E-state index is 11.9. The van der Waals surface area contributed by atoms with Crippen molar-refractivity contribution in [3.8, 4) is 5.88 Å². The first kappa shape index (κ1) is 24.6. The zero-order valence-corrected chi connectivity index (χ0v) is 17.7. The predicted octanol–water partition coefficient (Wildman–Crippen LogP) is -1.06. The highest BCUT2D eigenvalue weighted by Gasteiger charge is 2.53. The molecule has 2 rings (SSSR count). The minimum Gasteiger partial charge on any atom is -0.492 e. The zero-order chi connectivity index (χ0) is 24.2. The van der Waals surface area contributed by atoms with Gasteiger partial charge in [-0.1, -0.05) is 0 Å². The van der Waals surface area contributed by atoms with Crippen LogP contribution in [-0.2, 0) is 42.9 Å². The number of ether oxygens (including phenoxy) is 5. The number of hydrogen-bond donors (Lipinski definition) is 2. The molecule has 1 aromatic rings. The van der Waals surface area contributed by atoms with Gasteiger partial charge in [-0.15, -0.1) is 0 Å². The monoisotopic (exact) mass is 457 g/mol. The summed E-state index contributed by atoms with van der Waals surface area (Å²) in [5, 5.41) is 9.90. The van der Waals surface area contributed by atoms with Crippen LogP contribution in [0, 0.1) is 0 Å². The molecule has 1 fully saturated rings. The quantitative estimate of drug-likeness (QED) is 0.373. The summed E-state index contributed by atoms with van der Waals surface area (Å²) in [6, 6.07) is 0. The number of rotatable bonds is 7. The van der Waals surface area contributed by atoms with Crippen molar-refractivity contribution < 1.29 is 52.8 Å². The summed E-state index contributed by atoms with van der Waals surface area (Å²) < 4.78 is 27.6. The molecule has 32 heavy (non-hydrogen) atoms. The summed E-state index contributed by atoms with van der Waals surface area (Å²) in [5.41, 5.74) is 4.81. The number of primary amides is 1. The molecule has 14 nitrogen and oxygen atoms in total. The highest BCUT2D eigenvalue weighted by atomic mass is 16.7. The second kappa shape index (κ2) is 10.1. The Kier molecular flexibility index (Phi) is 7.75. The van der Waals surface area contributed by atoms with Gasteiger partial charge in [-0.2, -0.15) is 0 Å². The molecular formula is C18H23N3O11. The van der Waals surface area contributed by atoms with E-state index in [9.17, 15) is 29.1 Å². The second-order valence-electron chi connectivity index (χ2n) is 6.78. The van der Waals surface area contributed by atoms with Crippen molar-refractivity contribution in [1.29, 1.82) is 0 Å². The lowest BCUT2D eigenvalue weighted by molar-refractivity contribution is -0.268. The molecular weight excluding hydrogens is 434 g/mol. The normalized spacial score (nSPS) is 24.8. The van der Waals surface area contributed by atoms with Crippen molar-refractivity contribution in [3.63, 3.8) is 0 Å². The molecule has 0 radical (unpaired) electrons. The smallest absolute Gasteiger partial charge is 0.303 e. The van der Waals surface area contributed by atoms with Crippen LogP contribution in [0.5, 0.6) is 5.88 Å². The first-order valence-corrected chi connectivity index (χ1v) is 9.28. The molecule has 2 heterocycles. The summed E-state index contributed by atoms with van der Waals surface area (Å²) in [6.07, 6.45) is -6.02. The molecule has 5 atom stereocenters. The summed E-state index contributed by atoms with van der Waals surface area (Å²) in [7, 11) is 0. The van der Waals surface area contributed by atoms with Crippen molar-refractivity contribution in [1.82, 2.24) is 9.55 Å². The Morgan fingerprint density at radius 2 is 1.50 bits per heavy atom. The predicted molar refractivity (Wildman–Crippen MR) is 99.6 cm³/mol. The Hall–Kier alpha value is -3.68. The van der Waals surface area contributed by atoms with Crippen molar-refractivity contribution in [2.24, 2.45) is 5.73 Å². The lowest BCUT2D eigenvalue weighted by Gasteiger charge is -2.44. The highest BCUT2D eigenvalue weighted by molar-refractivity contribution is 5.93. The molecule has 14 heteroatoms. The van der Waals surface area contributed by atoms with E-state index in [0.29, 0.717) is 0 Å². The molecule has 1 aliphatic heterocycles. The topological polar surface area (TPSA) is 196 Å². The average Bonchev–Trinajstić information content (AvgIpc) is 3.03. The zero-order valence-electron chi connectivity index (χ0n) is 17.7. The van der Waals surface area contributed by atoms with Crippen LogP contribution >= 0.6 is 0 Å². The van der Waals surface area contributed by atoms with E-state index < -0.39 is 78.6 Å². The SMILES string of the molecule is CC(=O)OC[C@H]1O[C@@H](n2cnc(O)c2C(N)=O)[C@H](OC(C)=O)[C@@H](OC(C)=O)[C@H]1OC(C)=O. The molecule has 176 valence electrons. The van der Waals surface area contributed by atoms with Gasteiger partial charge in [0.25, 0.3) is 5.91 Å². The van der Waals surface area contributed by atoms with Gasteiger partial charge in [-0.25, -0.2) is 4.98 Å². The van der Waals surface area contributed by atoms with Crippen molar-refractivity contribution in [2.75, 3.05) is 6.61 Å². The third-order valence-electron chi connectivity index (χ3n) is 4.25. The Morgan fingerprint density at radius 1 is 0.969 bits per heavy atom. The third kappa shape index (κ3) is 5.72. The summed E-state index contributed by atoms with van der Waals surface area (Å²) in [5.74, 6) is -4.94. The van der Waals surface area contributed by atoms with E-state index in [2.05, 4.69) is 4.98 Å². The molecule has 3 N–H and O–H groups in total. The van der Waals surface area contributed by atoms with Crippen molar-refractivity contribution >= 4 is 29.8 Å². The fourth-order valence-electron chi connectivity index (χ4n) is 3.21. The first-order chi connectivity index (χ1) is 14.9. The lowest BCUT2D eigenvalue weighted by Crippen LogP contribution is -2.60. The molecule has 1 amide bonds. The Balaban J connectivity index is 2.63.